The van der Waals surface area contributed by atoms with Crippen molar-refractivity contribution in [1.29, 1.82) is 0 Å². The Morgan fingerprint density at radius 2 is 1.67 bits per heavy atom. The smallest absolute Gasteiger partial charge is 0.146 e. The molecule has 0 saturated heterocycles. The van der Waals surface area contributed by atoms with Crippen LogP contribution < -0.4 is 10.9 Å². The number of nitrogens with one attached hydrogen (secondary N) is 2. The molecule has 4 aliphatic rings. The number of nitrogens with zero attached hydrogens (tertiary/aromatic N) is 1. The second-order valence-electron chi connectivity index (χ2n) is 5.99. The highest BCUT2D eigenvalue weighted by Gasteiger charge is 2.58. The summed E-state index contributed by atoms with van der Waals surface area (Å²) < 4.78 is 0. The zero-order valence-corrected chi connectivity index (χ0v) is 11.0. The van der Waals surface area contributed by atoms with Crippen molar-refractivity contribution in [2.75, 3.05) is 14.2 Å². The van der Waals surface area contributed by atoms with Crippen molar-refractivity contribution in [3.8, 4) is 0 Å². The maximum atomic E-state index is 11.6. The first kappa shape index (κ1) is 12.8. The normalized spacial score (nSPS) is 46.0. The Morgan fingerprint density at radius 1 is 1.11 bits per heavy atom. The van der Waals surface area contributed by atoms with Crippen LogP contribution >= 0.6 is 0 Å². The maximum Gasteiger partial charge on any atom is 0.146 e. The standard InChI is InChI=1S/C12H22N3O3/c1-13-12(18-15(16)14-17-2)10-4-8-3-9(6-10)7-11(12)5-8/h8-11,13-14H,3-7H2,1-2H3/q-1. The Hall–Kier alpha value is -0.240. The molecular weight excluding hydrogens is 234 g/mol. The highest BCUT2D eigenvalue weighted by atomic mass is 17.0. The Labute approximate surface area is 107 Å². The third-order valence-corrected chi connectivity index (χ3v) is 5.14. The average Bonchev–Trinajstić information content (AvgIpc) is 2.33. The largest absolute Gasteiger partial charge is 0.746 e. The summed E-state index contributed by atoms with van der Waals surface area (Å²) in [6, 6.07) is 0. The number of hydrogen-bond acceptors (Lipinski definition) is 6. The molecule has 0 heterocycles. The molecule has 0 aromatic rings. The van der Waals surface area contributed by atoms with Crippen molar-refractivity contribution in [3.63, 3.8) is 0 Å². The van der Waals surface area contributed by atoms with Gasteiger partial charge in [0.05, 0.1) is 7.11 Å². The van der Waals surface area contributed by atoms with Crippen molar-refractivity contribution < 1.29 is 9.68 Å². The summed E-state index contributed by atoms with van der Waals surface area (Å²) in [6.45, 7) is 0. The molecule has 0 spiro atoms. The summed E-state index contributed by atoms with van der Waals surface area (Å²) in [5.74, 6) is 2.56. The summed E-state index contributed by atoms with van der Waals surface area (Å²) in [5.41, 5.74) is 1.67. The molecule has 4 saturated carbocycles. The van der Waals surface area contributed by atoms with Crippen LogP contribution in [0.25, 0.3) is 0 Å². The lowest BCUT2D eigenvalue weighted by Gasteiger charge is -2.61. The van der Waals surface area contributed by atoms with E-state index >= 15 is 0 Å². The summed E-state index contributed by atoms with van der Waals surface area (Å²) >= 11 is 0. The third-order valence-electron chi connectivity index (χ3n) is 5.14. The third kappa shape index (κ3) is 1.88. The molecule has 0 atom stereocenters. The van der Waals surface area contributed by atoms with Crippen molar-refractivity contribution in [1.82, 2.24) is 16.2 Å². The van der Waals surface area contributed by atoms with Crippen molar-refractivity contribution in [2.24, 2.45) is 23.7 Å². The van der Waals surface area contributed by atoms with E-state index in [0.29, 0.717) is 17.2 Å². The molecule has 104 valence electrons. The van der Waals surface area contributed by atoms with E-state index in [1.54, 1.807) is 0 Å². The fourth-order valence-corrected chi connectivity index (χ4v) is 4.72. The molecule has 4 aliphatic carbocycles. The van der Waals surface area contributed by atoms with Gasteiger partial charge >= 0.3 is 0 Å². The van der Waals surface area contributed by atoms with Crippen LogP contribution in [-0.2, 0) is 9.68 Å². The molecule has 2 N–H and O–H groups in total. The molecule has 4 rings (SSSR count). The summed E-state index contributed by atoms with van der Waals surface area (Å²) in [5, 5.41) is 15.3. The highest BCUT2D eigenvalue weighted by Crippen LogP contribution is 2.58. The highest BCUT2D eigenvalue weighted by molar-refractivity contribution is 5.06. The Bertz CT molecular complexity index is 285. The van der Waals surface area contributed by atoms with Gasteiger partial charge in [0.25, 0.3) is 0 Å². The van der Waals surface area contributed by atoms with Crippen molar-refractivity contribution in [2.45, 2.75) is 37.8 Å². The first-order valence-electron chi connectivity index (χ1n) is 6.82. The molecule has 6 nitrogen and oxygen atoms in total. The van der Waals surface area contributed by atoms with E-state index < -0.39 is 5.72 Å². The quantitative estimate of drug-likeness (QED) is 0.568. The van der Waals surface area contributed by atoms with Crippen LogP contribution in [0.4, 0.5) is 0 Å². The summed E-state index contributed by atoms with van der Waals surface area (Å²) in [7, 11) is 3.29. The van der Waals surface area contributed by atoms with Gasteiger partial charge in [-0.3, -0.25) is 15.0 Å². The van der Waals surface area contributed by atoms with Gasteiger partial charge < -0.3 is 5.21 Å². The summed E-state index contributed by atoms with van der Waals surface area (Å²) in [4.78, 5) is 10.2. The molecule has 0 aromatic carbocycles. The minimum absolute atomic E-state index is 0.346. The zero-order valence-electron chi connectivity index (χ0n) is 11.0. The minimum atomic E-state index is -0.513. The average molecular weight is 256 g/mol. The van der Waals surface area contributed by atoms with Gasteiger partial charge in [0, 0.05) is 11.8 Å². The van der Waals surface area contributed by atoms with E-state index in [0.717, 1.165) is 11.8 Å². The van der Waals surface area contributed by atoms with Gasteiger partial charge in [0.2, 0.25) is 0 Å². The monoisotopic (exact) mass is 256 g/mol. The molecular formula is C12H22N3O3-. The molecule has 0 radical (unpaired) electrons. The predicted octanol–water partition coefficient (Wildman–Crippen LogP) is 1.16. The SMILES string of the molecule is CNC1(ON([O-])NOC)C2CC3CC(C2)CC1C3. The van der Waals surface area contributed by atoms with Gasteiger partial charge in [-0.15, -0.1) is 5.59 Å². The fraction of sp³-hybridized carbons (Fsp3) is 1.00. The van der Waals surface area contributed by atoms with Gasteiger partial charge in [-0.2, -0.15) is 5.34 Å². The molecule has 0 aliphatic heterocycles. The van der Waals surface area contributed by atoms with E-state index in [2.05, 4.69) is 15.7 Å². The lowest BCUT2D eigenvalue weighted by atomic mass is 9.52. The van der Waals surface area contributed by atoms with Crippen LogP contribution in [0.3, 0.4) is 0 Å². The Kier molecular flexibility index (Phi) is 3.34. The van der Waals surface area contributed by atoms with Gasteiger partial charge in [-0.1, -0.05) is 0 Å². The first-order chi connectivity index (χ1) is 8.68. The van der Waals surface area contributed by atoms with Crippen molar-refractivity contribution >= 4 is 0 Å². The topological polar surface area (TPSA) is 68.8 Å². The lowest BCUT2D eigenvalue weighted by molar-refractivity contribution is -0.353. The van der Waals surface area contributed by atoms with Crippen LogP contribution in [0, 0.1) is 28.9 Å². The van der Waals surface area contributed by atoms with Crippen LogP contribution in [0.2, 0.25) is 0 Å². The second-order valence-corrected chi connectivity index (χ2v) is 5.99. The lowest BCUT2D eigenvalue weighted by Crippen LogP contribution is -2.67. The van der Waals surface area contributed by atoms with Crippen LogP contribution in [0.1, 0.15) is 32.1 Å². The van der Waals surface area contributed by atoms with E-state index in [9.17, 15) is 5.21 Å². The molecule has 0 amide bonds. The van der Waals surface area contributed by atoms with E-state index in [-0.39, 0.29) is 0 Å². The van der Waals surface area contributed by atoms with Crippen LogP contribution in [-0.4, -0.2) is 25.2 Å². The zero-order chi connectivity index (χ0) is 12.8. The molecule has 4 bridgehead atoms. The van der Waals surface area contributed by atoms with E-state index in [1.165, 1.54) is 39.2 Å². The molecule has 6 heteroatoms. The Morgan fingerprint density at radius 3 is 2.11 bits per heavy atom. The predicted molar refractivity (Wildman–Crippen MR) is 65.3 cm³/mol. The second kappa shape index (κ2) is 4.70. The van der Waals surface area contributed by atoms with Gasteiger partial charge in [-0.25, -0.2) is 0 Å². The first-order valence-corrected chi connectivity index (χ1v) is 6.82. The number of hydrogen-bond donors (Lipinski definition) is 2. The Balaban J connectivity index is 1.78. The molecule has 0 aromatic heterocycles. The number of hydrazine groups is 1. The number of rotatable bonds is 5. The summed E-state index contributed by atoms with van der Waals surface area (Å²) in [6.07, 6.45) is 6.08. The molecule has 18 heavy (non-hydrogen) atoms. The van der Waals surface area contributed by atoms with Crippen LogP contribution in [0.15, 0.2) is 0 Å². The van der Waals surface area contributed by atoms with Gasteiger partial charge in [0.15, 0.2) is 0 Å². The van der Waals surface area contributed by atoms with Crippen molar-refractivity contribution in [3.05, 3.63) is 5.21 Å². The molecule has 4 fully saturated rings. The van der Waals surface area contributed by atoms with Gasteiger partial charge in [-0.05, 0) is 51.0 Å². The fourth-order valence-electron chi connectivity index (χ4n) is 4.72. The maximum absolute atomic E-state index is 11.6. The minimum Gasteiger partial charge on any atom is -0.746 e. The van der Waals surface area contributed by atoms with Crippen LogP contribution in [0.5, 0.6) is 0 Å². The van der Waals surface area contributed by atoms with E-state index in [1.807, 2.05) is 7.05 Å². The van der Waals surface area contributed by atoms with Gasteiger partial charge in [0.1, 0.15) is 5.72 Å². The van der Waals surface area contributed by atoms with E-state index in [4.69, 9.17) is 4.84 Å². The molecule has 0 unspecified atom stereocenters.